The molecule has 1 fully saturated rings. The van der Waals surface area contributed by atoms with Crippen molar-refractivity contribution in [1.82, 2.24) is 4.31 Å². The monoisotopic (exact) mass is 569 g/mol. The van der Waals surface area contributed by atoms with Crippen molar-refractivity contribution in [2.45, 2.75) is 63.5 Å². The van der Waals surface area contributed by atoms with Crippen molar-refractivity contribution in [3.63, 3.8) is 0 Å². The number of hydrogen-bond acceptors (Lipinski definition) is 5. The zero-order chi connectivity index (χ0) is 28.6. The van der Waals surface area contributed by atoms with Gasteiger partial charge in [-0.05, 0) is 73.9 Å². The van der Waals surface area contributed by atoms with Crippen LogP contribution in [-0.4, -0.2) is 31.5 Å². The molecule has 1 unspecified atom stereocenters. The maximum atomic E-state index is 13.3. The number of aryl methyl sites for hydroxylation is 3. The van der Waals surface area contributed by atoms with E-state index in [1.54, 1.807) is 16.4 Å². The Kier molecular flexibility index (Phi) is 7.60. The lowest BCUT2D eigenvalue weighted by atomic mass is 10.00. The normalized spacial score (nSPS) is 20.6. The molecule has 2 aliphatic rings. The van der Waals surface area contributed by atoms with E-state index in [0.29, 0.717) is 31.0 Å². The average molecular weight is 570 g/mol. The Bertz CT molecular complexity index is 1620. The standard InChI is InChI=1S/C34H35NO5S/c1-23-4-12-29(13-5-23)38-22-34-33(39-30-14-6-24(2)7-15-30)19-32(40-34)26-10-11-27-20-35(21-28(27)18-26)41(36,37)31-16-8-25(3)9-17-31/h4-18,32-34H,19-22H2,1-3H3/t32?,33-,34+/m0/s1. The molecule has 0 aliphatic carbocycles. The van der Waals surface area contributed by atoms with Gasteiger partial charge >= 0.3 is 0 Å². The van der Waals surface area contributed by atoms with Gasteiger partial charge in [0.15, 0.2) is 0 Å². The SMILES string of the molecule is Cc1ccc(OC[C@H]2OC(c3ccc4c(c3)CN(S(=O)(=O)c3ccc(C)cc3)C4)C[C@@H]2Oc2ccc(C)cc2)cc1. The quantitative estimate of drug-likeness (QED) is 0.237. The molecule has 0 bridgehead atoms. The summed E-state index contributed by atoms with van der Waals surface area (Å²) in [5.41, 5.74) is 6.44. The Morgan fingerprint density at radius 2 is 1.34 bits per heavy atom. The van der Waals surface area contributed by atoms with E-state index >= 15 is 0 Å². The van der Waals surface area contributed by atoms with Crippen LogP contribution >= 0.6 is 0 Å². The third kappa shape index (κ3) is 6.03. The average Bonchev–Trinajstić information content (AvgIpc) is 3.58. The first-order valence-electron chi connectivity index (χ1n) is 14.0. The minimum atomic E-state index is -3.58. The van der Waals surface area contributed by atoms with Crippen LogP contribution in [0.3, 0.4) is 0 Å². The number of nitrogens with zero attached hydrogens (tertiary/aromatic N) is 1. The summed E-state index contributed by atoms with van der Waals surface area (Å²) in [6, 6.07) is 29.2. The van der Waals surface area contributed by atoms with E-state index < -0.39 is 10.0 Å². The van der Waals surface area contributed by atoms with Gasteiger partial charge in [0.1, 0.15) is 30.3 Å². The molecule has 0 aromatic heterocycles. The fourth-order valence-electron chi connectivity index (χ4n) is 5.42. The van der Waals surface area contributed by atoms with Crippen LogP contribution in [0.4, 0.5) is 0 Å². The molecule has 0 radical (unpaired) electrons. The molecular formula is C34H35NO5S. The van der Waals surface area contributed by atoms with Gasteiger partial charge in [-0.25, -0.2) is 8.42 Å². The highest BCUT2D eigenvalue weighted by molar-refractivity contribution is 7.89. The van der Waals surface area contributed by atoms with Gasteiger partial charge in [-0.3, -0.25) is 0 Å². The highest BCUT2D eigenvalue weighted by atomic mass is 32.2. The van der Waals surface area contributed by atoms with Gasteiger partial charge in [-0.15, -0.1) is 0 Å². The van der Waals surface area contributed by atoms with Gasteiger partial charge in [0.05, 0.1) is 11.0 Å². The van der Waals surface area contributed by atoms with Gasteiger partial charge in [-0.1, -0.05) is 71.3 Å². The number of benzene rings is 4. The third-order valence-electron chi connectivity index (χ3n) is 7.90. The molecule has 4 aromatic rings. The van der Waals surface area contributed by atoms with E-state index in [9.17, 15) is 8.42 Å². The molecule has 41 heavy (non-hydrogen) atoms. The summed E-state index contributed by atoms with van der Waals surface area (Å²) in [5.74, 6) is 1.60. The summed E-state index contributed by atoms with van der Waals surface area (Å²) in [7, 11) is -3.58. The Morgan fingerprint density at radius 1 is 0.756 bits per heavy atom. The summed E-state index contributed by atoms with van der Waals surface area (Å²) in [5, 5.41) is 0. The predicted octanol–water partition coefficient (Wildman–Crippen LogP) is 6.67. The van der Waals surface area contributed by atoms with Crippen LogP contribution < -0.4 is 9.47 Å². The number of ether oxygens (including phenoxy) is 3. The van der Waals surface area contributed by atoms with Crippen molar-refractivity contribution in [2.75, 3.05) is 6.61 Å². The highest BCUT2D eigenvalue weighted by Gasteiger charge is 2.39. The van der Waals surface area contributed by atoms with Crippen molar-refractivity contribution in [3.8, 4) is 11.5 Å². The molecule has 1 saturated heterocycles. The van der Waals surface area contributed by atoms with Gasteiger partial charge in [-0.2, -0.15) is 4.31 Å². The predicted molar refractivity (Wildman–Crippen MR) is 159 cm³/mol. The molecule has 6 rings (SSSR count). The molecule has 6 nitrogen and oxygen atoms in total. The fourth-order valence-corrected chi connectivity index (χ4v) is 6.82. The highest BCUT2D eigenvalue weighted by Crippen LogP contribution is 2.38. The lowest BCUT2D eigenvalue weighted by Crippen LogP contribution is -2.32. The molecule has 4 aromatic carbocycles. The van der Waals surface area contributed by atoms with Crippen LogP contribution in [0.15, 0.2) is 95.9 Å². The summed E-state index contributed by atoms with van der Waals surface area (Å²) >= 11 is 0. The Morgan fingerprint density at radius 3 is 2.00 bits per heavy atom. The number of sulfonamides is 1. The first kappa shape index (κ1) is 27.5. The van der Waals surface area contributed by atoms with Crippen LogP contribution in [0, 0.1) is 20.8 Å². The van der Waals surface area contributed by atoms with E-state index in [4.69, 9.17) is 14.2 Å². The maximum Gasteiger partial charge on any atom is 0.243 e. The largest absolute Gasteiger partial charge is 0.491 e. The molecule has 7 heteroatoms. The zero-order valence-corrected chi connectivity index (χ0v) is 24.4. The number of fused-ring (bicyclic) bond motifs is 1. The molecule has 2 heterocycles. The van der Waals surface area contributed by atoms with E-state index in [2.05, 4.69) is 19.1 Å². The van der Waals surface area contributed by atoms with E-state index in [-0.39, 0.29) is 18.3 Å². The van der Waals surface area contributed by atoms with E-state index in [1.165, 1.54) is 11.1 Å². The second-order valence-corrected chi connectivity index (χ2v) is 13.0. The number of hydrogen-bond donors (Lipinski definition) is 0. The molecular weight excluding hydrogens is 534 g/mol. The first-order valence-corrected chi connectivity index (χ1v) is 15.5. The van der Waals surface area contributed by atoms with Crippen molar-refractivity contribution in [1.29, 1.82) is 0 Å². The van der Waals surface area contributed by atoms with Crippen LogP contribution in [0.2, 0.25) is 0 Å². The van der Waals surface area contributed by atoms with Gasteiger partial charge in [0.2, 0.25) is 10.0 Å². The summed E-state index contributed by atoms with van der Waals surface area (Å²) in [4.78, 5) is 0.322. The van der Waals surface area contributed by atoms with Gasteiger partial charge < -0.3 is 14.2 Å². The minimum absolute atomic E-state index is 0.190. The number of rotatable bonds is 8. The topological polar surface area (TPSA) is 65.1 Å². The van der Waals surface area contributed by atoms with Crippen LogP contribution in [0.5, 0.6) is 11.5 Å². The van der Waals surface area contributed by atoms with Gasteiger partial charge in [0, 0.05) is 19.5 Å². The third-order valence-corrected chi connectivity index (χ3v) is 9.70. The lowest BCUT2D eigenvalue weighted by molar-refractivity contribution is -0.0107. The minimum Gasteiger partial charge on any atom is -0.491 e. The Labute approximate surface area is 242 Å². The maximum absolute atomic E-state index is 13.3. The van der Waals surface area contributed by atoms with Crippen molar-refractivity contribution in [3.05, 3.63) is 124 Å². The molecule has 2 aliphatic heterocycles. The molecule has 0 amide bonds. The summed E-state index contributed by atoms with van der Waals surface area (Å²) in [6.07, 6.45) is 0.0131. The first-order chi connectivity index (χ1) is 19.7. The lowest BCUT2D eigenvalue weighted by Gasteiger charge is -2.20. The Balaban J connectivity index is 1.19. The van der Waals surface area contributed by atoms with E-state index in [1.807, 2.05) is 80.6 Å². The molecule has 0 N–H and O–H groups in total. The van der Waals surface area contributed by atoms with Crippen LogP contribution in [-0.2, 0) is 27.8 Å². The van der Waals surface area contributed by atoms with Crippen LogP contribution in [0.1, 0.15) is 45.9 Å². The molecule has 3 atom stereocenters. The Hall–Kier alpha value is -3.65. The van der Waals surface area contributed by atoms with Crippen LogP contribution in [0.25, 0.3) is 0 Å². The summed E-state index contributed by atoms with van der Waals surface area (Å²) in [6.45, 7) is 7.12. The molecule has 0 spiro atoms. The van der Waals surface area contributed by atoms with Crippen molar-refractivity contribution < 1.29 is 22.6 Å². The fraction of sp³-hybridized carbons (Fsp3) is 0.294. The van der Waals surface area contributed by atoms with E-state index in [0.717, 1.165) is 33.8 Å². The molecule has 0 saturated carbocycles. The second-order valence-electron chi connectivity index (χ2n) is 11.1. The van der Waals surface area contributed by atoms with Gasteiger partial charge in [0.25, 0.3) is 0 Å². The zero-order valence-electron chi connectivity index (χ0n) is 23.6. The molecule has 212 valence electrons. The smallest absolute Gasteiger partial charge is 0.243 e. The summed E-state index contributed by atoms with van der Waals surface area (Å²) < 4.78 is 47.3. The van der Waals surface area contributed by atoms with Crippen molar-refractivity contribution >= 4 is 10.0 Å². The van der Waals surface area contributed by atoms with Crippen molar-refractivity contribution in [2.24, 2.45) is 0 Å². The second kappa shape index (κ2) is 11.3.